The highest BCUT2D eigenvalue weighted by Gasteiger charge is 2.31. The molecule has 0 fully saturated rings. The van der Waals surface area contributed by atoms with Crippen LogP contribution in [-0.4, -0.2) is 31.2 Å². The van der Waals surface area contributed by atoms with E-state index in [9.17, 15) is 9.59 Å². The lowest BCUT2D eigenvalue weighted by atomic mass is 10.1. The highest BCUT2D eigenvalue weighted by molar-refractivity contribution is 6.30. The number of hydrogen-bond acceptors (Lipinski definition) is 4. The Morgan fingerprint density at radius 1 is 1.06 bits per heavy atom. The molecule has 1 atom stereocenters. The van der Waals surface area contributed by atoms with Gasteiger partial charge in [-0.15, -0.1) is 0 Å². The van der Waals surface area contributed by atoms with Crippen molar-refractivity contribution in [2.75, 3.05) is 28.7 Å². The molecule has 0 aliphatic carbocycles. The van der Waals surface area contributed by atoms with Crippen molar-refractivity contribution in [3.8, 4) is 11.5 Å². The summed E-state index contributed by atoms with van der Waals surface area (Å²) in [6.45, 7) is 4.36. The highest BCUT2D eigenvalue weighted by atomic mass is 35.5. The fourth-order valence-electron chi connectivity index (χ4n) is 3.53. The number of amides is 3. The van der Waals surface area contributed by atoms with Crippen molar-refractivity contribution < 1.29 is 19.1 Å². The van der Waals surface area contributed by atoms with Crippen molar-refractivity contribution in [1.82, 2.24) is 0 Å². The van der Waals surface area contributed by atoms with E-state index in [1.54, 1.807) is 54.3 Å². The molecule has 2 N–H and O–H groups in total. The number of carbonyl (C=O) groups is 2. The van der Waals surface area contributed by atoms with Gasteiger partial charge < -0.3 is 25.0 Å². The number of nitrogens with zero attached hydrogens (tertiary/aromatic N) is 1. The van der Waals surface area contributed by atoms with Gasteiger partial charge in [0.1, 0.15) is 18.1 Å². The summed E-state index contributed by atoms with van der Waals surface area (Å²) in [6, 6.07) is 19.3. The number of urea groups is 1. The first-order valence-electron chi connectivity index (χ1n) is 10.5. The molecule has 0 spiro atoms. The van der Waals surface area contributed by atoms with Gasteiger partial charge in [0.25, 0.3) is 5.91 Å². The molecule has 3 aromatic carbocycles. The number of aryl methyl sites for hydroxylation is 1. The standard InChI is InChI=1S/C25H24ClN3O4/c1-16-5-3-8-21(13-16)32-12-11-29-22-15-20(9-10-23(22)33-17(2)24(29)30)28-25(31)27-19-7-4-6-18(26)14-19/h3-10,13-15,17H,11-12H2,1-2H3,(H2,27,28,31). The lowest BCUT2D eigenvalue weighted by Gasteiger charge is -2.33. The maximum absolute atomic E-state index is 12.8. The number of carbonyl (C=O) groups excluding carboxylic acids is 2. The van der Waals surface area contributed by atoms with Crippen molar-refractivity contribution in [2.24, 2.45) is 0 Å². The molecule has 0 aromatic heterocycles. The van der Waals surface area contributed by atoms with E-state index in [0.29, 0.717) is 41.0 Å². The normalized spacial score (nSPS) is 14.8. The van der Waals surface area contributed by atoms with Gasteiger partial charge >= 0.3 is 6.03 Å². The molecule has 1 aliphatic rings. The average Bonchev–Trinajstić information content (AvgIpc) is 2.77. The van der Waals surface area contributed by atoms with E-state index in [0.717, 1.165) is 11.3 Å². The number of hydrogen-bond donors (Lipinski definition) is 2. The van der Waals surface area contributed by atoms with Gasteiger partial charge in [-0.05, 0) is 67.9 Å². The van der Waals surface area contributed by atoms with Gasteiger partial charge in [-0.3, -0.25) is 4.79 Å². The molecule has 4 rings (SSSR count). The molecule has 0 radical (unpaired) electrons. The predicted molar refractivity (Wildman–Crippen MR) is 130 cm³/mol. The van der Waals surface area contributed by atoms with Crippen LogP contribution in [0.4, 0.5) is 21.9 Å². The number of halogens is 1. The Hall–Kier alpha value is -3.71. The van der Waals surface area contributed by atoms with E-state index in [4.69, 9.17) is 21.1 Å². The van der Waals surface area contributed by atoms with Crippen molar-refractivity contribution >= 4 is 40.6 Å². The second-order valence-electron chi connectivity index (χ2n) is 7.69. The average molecular weight is 466 g/mol. The van der Waals surface area contributed by atoms with E-state index < -0.39 is 12.1 Å². The molecule has 1 aliphatic heterocycles. The number of nitrogens with one attached hydrogen (secondary N) is 2. The zero-order valence-electron chi connectivity index (χ0n) is 18.3. The zero-order chi connectivity index (χ0) is 23.4. The Bertz CT molecular complexity index is 1180. The molecule has 170 valence electrons. The van der Waals surface area contributed by atoms with Gasteiger partial charge in [0.15, 0.2) is 6.10 Å². The third-order valence-corrected chi connectivity index (χ3v) is 5.32. The molecule has 33 heavy (non-hydrogen) atoms. The van der Waals surface area contributed by atoms with E-state index in [2.05, 4.69) is 10.6 Å². The molecular weight excluding hydrogens is 442 g/mol. The number of ether oxygens (including phenoxy) is 2. The van der Waals surface area contributed by atoms with Gasteiger partial charge in [-0.2, -0.15) is 0 Å². The molecule has 8 heteroatoms. The number of fused-ring (bicyclic) bond motifs is 1. The minimum Gasteiger partial charge on any atom is -0.492 e. The monoisotopic (exact) mass is 465 g/mol. The van der Waals surface area contributed by atoms with Crippen LogP contribution in [0.5, 0.6) is 11.5 Å². The smallest absolute Gasteiger partial charge is 0.323 e. The fourth-order valence-corrected chi connectivity index (χ4v) is 3.73. The number of benzene rings is 3. The van der Waals surface area contributed by atoms with Crippen LogP contribution in [0.15, 0.2) is 66.7 Å². The second kappa shape index (κ2) is 9.83. The fraction of sp³-hybridized carbons (Fsp3) is 0.200. The van der Waals surface area contributed by atoms with Crippen LogP contribution in [-0.2, 0) is 4.79 Å². The Kier molecular flexibility index (Phi) is 6.70. The third kappa shape index (κ3) is 5.56. The largest absolute Gasteiger partial charge is 0.492 e. The van der Waals surface area contributed by atoms with Crippen LogP contribution in [0.1, 0.15) is 12.5 Å². The van der Waals surface area contributed by atoms with Crippen LogP contribution in [0.3, 0.4) is 0 Å². The number of rotatable bonds is 6. The molecule has 0 saturated carbocycles. The minimum absolute atomic E-state index is 0.170. The van der Waals surface area contributed by atoms with Crippen molar-refractivity contribution in [3.63, 3.8) is 0 Å². The van der Waals surface area contributed by atoms with Gasteiger partial charge in [0.2, 0.25) is 0 Å². The summed E-state index contributed by atoms with van der Waals surface area (Å²) in [5.74, 6) is 1.14. The third-order valence-electron chi connectivity index (χ3n) is 5.08. The van der Waals surface area contributed by atoms with Crippen LogP contribution in [0.25, 0.3) is 0 Å². The minimum atomic E-state index is -0.610. The highest BCUT2D eigenvalue weighted by Crippen LogP contribution is 2.36. The summed E-state index contributed by atoms with van der Waals surface area (Å²) in [4.78, 5) is 26.9. The maximum Gasteiger partial charge on any atom is 0.323 e. The lowest BCUT2D eigenvalue weighted by Crippen LogP contribution is -2.46. The van der Waals surface area contributed by atoms with Gasteiger partial charge in [-0.25, -0.2) is 4.79 Å². The molecule has 1 heterocycles. The first-order chi connectivity index (χ1) is 15.9. The first kappa shape index (κ1) is 22.5. The van der Waals surface area contributed by atoms with Crippen molar-refractivity contribution in [3.05, 3.63) is 77.3 Å². The first-order valence-corrected chi connectivity index (χ1v) is 10.9. The summed E-state index contributed by atoms with van der Waals surface area (Å²) < 4.78 is 11.6. The summed E-state index contributed by atoms with van der Waals surface area (Å²) in [6.07, 6.45) is -0.610. The quantitative estimate of drug-likeness (QED) is 0.504. The number of anilines is 3. The molecule has 0 saturated heterocycles. The van der Waals surface area contributed by atoms with E-state index >= 15 is 0 Å². The van der Waals surface area contributed by atoms with Gasteiger partial charge in [0.05, 0.1) is 12.2 Å². The summed E-state index contributed by atoms with van der Waals surface area (Å²) >= 11 is 5.96. The summed E-state index contributed by atoms with van der Waals surface area (Å²) in [7, 11) is 0. The Morgan fingerprint density at radius 3 is 2.58 bits per heavy atom. The predicted octanol–water partition coefficient (Wildman–Crippen LogP) is 5.49. The molecular formula is C25H24ClN3O4. The van der Waals surface area contributed by atoms with Crippen LogP contribution >= 0.6 is 11.6 Å². The van der Waals surface area contributed by atoms with Crippen LogP contribution in [0, 0.1) is 6.92 Å². The van der Waals surface area contributed by atoms with Gasteiger partial charge in [0, 0.05) is 16.4 Å². The van der Waals surface area contributed by atoms with Crippen molar-refractivity contribution in [2.45, 2.75) is 20.0 Å². The maximum atomic E-state index is 12.8. The van der Waals surface area contributed by atoms with E-state index in [1.165, 1.54) is 0 Å². The van der Waals surface area contributed by atoms with Crippen LogP contribution in [0.2, 0.25) is 5.02 Å². The van der Waals surface area contributed by atoms with E-state index in [1.807, 2.05) is 31.2 Å². The second-order valence-corrected chi connectivity index (χ2v) is 8.12. The van der Waals surface area contributed by atoms with Crippen molar-refractivity contribution in [1.29, 1.82) is 0 Å². The summed E-state index contributed by atoms with van der Waals surface area (Å²) in [5, 5.41) is 6.03. The molecule has 0 bridgehead atoms. The molecule has 3 aromatic rings. The topological polar surface area (TPSA) is 79.9 Å². The van der Waals surface area contributed by atoms with Gasteiger partial charge in [-0.1, -0.05) is 29.8 Å². The van der Waals surface area contributed by atoms with Crippen LogP contribution < -0.4 is 25.0 Å². The Labute approximate surface area is 197 Å². The van der Waals surface area contributed by atoms with E-state index in [-0.39, 0.29) is 5.91 Å². The Balaban J connectivity index is 1.46. The SMILES string of the molecule is Cc1cccc(OCCN2C(=O)C(C)Oc3ccc(NC(=O)Nc4cccc(Cl)c4)cc32)c1. The summed E-state index contributed by atoms with van der Waals surface area (Å²) in [5.41, 5.74) is 2.76. The zero-order valence-corrected chi connectivity index (χ0v) is 19.1. The molecule has 7 nitrogen and oxygen atoms in total. The lowest BCUT2D eigenvalue weighted by molar-refractivity contribution is -0.125. The Morgan fingerprint density at radius 2 is 1.82 bits per heavy atom. The molecule has 3 amide bonds. The molecule has 1 unspecified atom stereocenters.